The topological polar surface area (TPSA) is 0 Å². The van der Waals surface area contributed by atoms with Crippen LogP contribution in [0.25, 0.3) is 5.57 Å². The van der Waals surface area contributed by atoms with Crippen LogP contribution < -0.4 is 0 Å². The van der Waals surface area contributed by atoms with E-state index in [4.69, 9.17) is 0 Å². The predicted molar refractivity (Wildman–Crippen MR) is 75.9 cm³/mol. The van der Waals surface area contributed by atoms with Crippen molar-refractivity contribution >= 4 is 5.57 Å². The first-order valence-corrected chi connectivity index (χ1v) is 6.43. The average molecular weight is 224 g/mol. The van der Waals surface area contributed by atoms with Gasteiger partial charge in [0.05, 0.1) is 0 Å². The van der Waals surface area contributed by atoms with Crippen LogP contribution in [0.2, 0.25) is 0 Å². The van der Waals surface area contributed by atoms with Crippen molar-refractivity contribution in [1.82, 2.24) is 0 Å². The molecule has 1 aromatic rings. The van der Waals surface area contributed by atoms with Crippen molar-refractivity contribution in [2.75, 3.05) is 0 Å². The fourth-order valence-electron chi connectivity index (χ4n) is 2.09. The third-order valence-corrected chi connectivity index (χ3v) is 3.13. The molecule has 0 amide bonds. The van der Waals surface area contributed by atoms with Gasteiger partial charge in [-0.1, -0.05) is 67.5 Å². The number of hydrogen-bond donors (Lipinski definition) is 0. The molecule has 0 fully saturated rings. The third kappa shape index (κ3) is 3.20. The van der Waals surface area contributed by atoms with Crippen LogP contribution in [-0.2, 0) is 6.42 Å². The largest absolute Gasteiger partial charge is 0.0726 e. The van der Waals surface area contributed by atoms with Crippen LogP contribution in [0.1, 0.15) is 37.8 Å². The first-order chi connectivity index (χ1) is 8.29. The lowest BCUT2D eigenvalue weighted by molar-refractivity contribution is 0.922. The van der Waals surface area contributed by atoms with Gasteiger partial charge < -0.3 is 0 Å². The summed E-state index contributed by atoms with van der Waals surface area (Å²) < 4.78 is 0. The SMILES string of the molecule is CCCc1ccc(C2=CCC(C)=CC=C2)cc1. The lowest BCUT2D eigenvalue weighted by atomic mass is 10.0. The molecule has 0 saturated carbocycles. The number of rotatable bonds is 3. The van der Waals surface area contributed by atoms with Crippen molar-refractivity contribution in [2.24, 2.45) is 0 Å². The van der Waals surface area contributed by atoms with E-state index >= 15 is 0 Å². The summed E-state index contributed by atoms with van der Waals surface area (Å²) in [7, 11) is 0. The lowest BCUT2D eigenvalue weighted by Gasteiger charge is -2.04. The standard InChI is InChI=1S/C17H20/c1-3-5-15-9-12-17(13-10-15)16-7-4-6-14(2)8-11-16/h4,6-7,9-13H,3,5,8H2,1-2H3. The smallest absolute Gasteiger partial charge is 0.0129 e. The second-order valence-corrected chi connectivity index (χ2v) is 4.68. The summed E-state index contributed by atoms with van der Waals surface area (Å²) in [6, 6.07) is 8.97. The molecule has 0 bridgehead atoms. The van der Waals surface area contributed by atoms with Crippen LogP contribution in [0.4, 0.5) is 0 Å². The van der Waals surface area contributed by atoms with Gasteiger partial charge in [-0.3, -0.25) is 0 Å². The average Bonchev–Trinajstić information content (AvgIpc) is 2.56. The first kappa shape index (κ1) is 11.9. The van der Waals surface area contributed by atoms with Gasteiger partial charge in [-0.25, -0.2) is 0 Å². The van der Waals surface area contributed by atoms with Crippen molar-refractivity contribution in [3.05, 3.63) is 65.3 Å². The summed E-state index contributed by atoms with van der Waals surface area (Å²) in [6.45, 7) is 4.40. The van der Waals surface area contributed by atoms with Gasteiger partial charge in [0.1, 0.15) is 0 Å². The zero-order valence-electron chi connectivity index (χ0n) is 10.7. The molecule has 0 heterocycles. The van der Waals surface area contributed by atoms with E-state index in [2.05, 4.69) is 62.4 Å². The summed E-state index contributed by atoms with van der Waals surface area (Å²) >= 11 is 0. The highest BCUT2D eigenvalue weighted by Gasteiger charge is 2.00. The van der Waals surface area contributed by atoms with Crippen molar-refractivity contribution in [2.45, 2.75) is 33.1 Å². The maximum Gasteiger partial charge on any atom is -0.0129 e. The first-order valence-electron chi connectivity index (χ1n) is 6.43. The van der Waals surface area contributed by atoms with Crippen LogP contribution in [0.5, 0.6) is 0 Å². The molecule has 0 heteroatoms. The highest BCUT2D eigenvalue weighted by molar-refractivity contribution is 5.75. The summed E-state index contributed by atoms with van der Waals surface area (Å²) in [5, 5.41) is 0. The Labute approximate surface area is 104 Å². The zero-order valence-corrected chi connectivity index (χ0v) is 10.7. The van der Waals surface area contributed by atoms with Crippen LogP contribution in [0, 0.1) is 0 Å². The Hall–Kier alpha value is -1.56. The third-order valence-electron chi connectivity index (χ3n) is 3.13. The van der Waals surface area contributed by atoms with Gasteiger partial charge in [-0.15, -0.1) is 0 Å². The maximum atomic E-state index is 2.31. The van der Waals surface area contributed by atoms with E-state index in [0.29, 0.717) is 0 Å². The molecule has 1 aromatic carbocycles. The second kappa shape index (κ2) is 5.67. The molecule has 1 aliphatic rings. The van der Waals surface area contributed by atoms with E-state index in [1.54, 1.807) is 0 Å². The quantitative estimate of drug-likeness (QED) is 0.683. The van der Waals surface area contributed by atoms with Crippen LogP contribution in [0.15, 0.2) is 54.1 Å². The molecule has 2 rings (SSSR count). The fourth-order valence-corrected chi connectivity index (χ4v) is 2.09. The maximum absolute atomic E-state index is 2.31. The Morgan fingerprint density at radius 3 is 2.59 bits per heavy atom. The van der Waals surface area contributed by atoms with Gasteiger partial charge in [0, 0.05) is 0 Å². The van der Waals surface area contributed by atoms with E-state index in [-0.39, 0.29) is 0 Å². The molecule has 0 unspecified atom stereocenters. The number of aryl methyl sites for hydroxylation is 1. The summed E-state index contributed by atoms with van der Waals surface area (Å²) in [6.07, 6.45) is 12.3. The minimum atomic E-state index is 1.05. The second-order valence-electron chi connectivity index (χ2n) is 4.68. The van der Waals surface area contributed by atoms with Crippen molar-refractivity contribution in [3.63, 3.8) is 0 Å². The van der Waals surface area contributed by atoms with Crippen molar-refractivity contribution in [1.29, 1.82) is 0 Å². The van der Waals surface area contributed by atoms with E-state index in [9.17, 15) is 0 Å². The monoisotopic (exact) mass is 224 g/mol. The number of hydrogen-bond acceptors (Lipinski definition) is 0. The Kier molecular flexibility index (Phi) is 3.98. The minimum Gasteiger partial charge on any atom is -0.0726 e. The molecular formula is C17H20. The highest BCUT2D eigenvalue weighted by atomic mass is 14.1. The summed E-state index contributed by atoms with van der Waals surface area (Å²) in [5.74, 6) is 0. The molecular weight excluding hydrogens is 204 g/mol. The van der Waals surface area contributed by atoms with E-state index in [1.807, 2.05) is 0 Å². The van der Waals surface area contributed by atoms with Crippen LogP contribution in [-0.4, -0.2) is 0 Å². The molecule has 0 N–H and O–H groups in total. The van der Waals surface area contributed by atoms with Crippen molar-refractivity contribution in [3.8, 4) is 0 Å². The van der Waals surface area contributed by atoms with E-state index in [0.717, 1.165) is 6.42 Å². The Balaban J connectivity index is 2.18. The van der Waals surface area contributed by atoms with Gasteiger partial charge in [-0.05, 0) is 36.5 Å². The molecule has 0 saturated heterocycles. The molecule has 0 aliphatic heterocycles. The van der Waals surface area contributed by atoms with Gasteiger partial charge in [0.2, 0.25) is 0 Å². The molecule has 17 heavy (non-hydrogen) atoms. The van der Waals surface area contributed by atoms with Gasteiger partial charge in [-0.2, -0.15) is 0 Å². The normalized spacial score (nSPS) is 15.2. The van der Waals surface area contributed by atoms with Gasteiger partial charge in [0.15, 0.2) is 0 Å². The summed E-state index contributed by atoms with van der Waals surface area (Å²) in [5.41, 5.74) is 5.51. The van der Waals surface area contributed by atoms with Crippen LogP contribution >= 0.6 is 0 Å². The number of benzene rings is 1. The zero-order chi connectivity index (χ0) is 12.1. The van der Waals surface area contributed by atoms with Gasteiger partial charge in [0.25, 0.3) is 0 Å². The molecule has 0 radical (unpaired) electrons. The summed E-state index contributed by atoms with van der Waals surface area (Å²) in [4.78, 5) is 0. The Morgan fingerprint density at radius 1 is 1.12 bits per heavy atom. The minimum absolute atomic E-state index is 1.05. The molecule has 88 valence electrons. The van der Waals surface area contributed by atoms with Crippen LogP contribution in [0.3, 0.4) is 0 Å². The molecule has 0 aromatic heterocycles. The highest BCUT2D eigenvalue weighted by Crippen LogP contribution is 2.21. The molecule has 0 atom stereocenters. The van der Waals surface area contributed by atoms with Crippen molar-refractivity contribution < 1.29 is 0 Å². The fraction of sp³-hybridized carbons (Fsp3) is 0.294. The van der Waals surface area contributed by atoms with E-state index < -0.39 is 0 Å². The Morgan fingerprint density at radius 2 is 1.88 bits per heavy atom. The molecule has 0 nitrogen and oxygen atoms in total. The lowest BCUT2D eigenvalue weighted by Crippen LogP contribution is -1.85. The number of allylic oxidation sites excluding steroid dienone is 6. The predicted octanol–water partition coefficient (Wildman–Crippen LogP) is 4.93. The Bertz CT molecular complexity index is 455. The van der Waals surface area contributed by atoms with E-state index in [1.165, 1.54) is 35.1 Å². The molecule has 0 spiro atoms. The van der Waals surface area contributed by atoms with Gasteiger partial charge >= 0.3 is 0 Å². The molecule has 1 aliphatic carbocycles.